The molecule has 1 N–H and O–H groups in total. The Bertz CT molecular complexity index is 1140. The lowest BCUT2D eigenvalue weighted by Gasteiger charge is -2.12. The number of sulfone groups is 1. The van der Waals surface area contributed by atoms with E-state index in [0.717, 1.165) is 0 Å². The van der Waals surface area contributed by atoms with Crippen molar-refractivity contribution >= 4 is 55.4 Å². The van der Waals surface area contributed by atoms with Gasteiger partial charge in [-0.05, 0) is 44.2 Å². The number of aromatic nitrogens is 1. The van der Waals surface area contributed by atoms with E-state index in [2.05, 4.69) is 10.3 Å². The number of thiazole rings is 1. The van der Waals surface area contributed by atoms with Crippen LogP contribution in [0.2, 0.25) is 10.0 Å². The highest BCUT2D eigenvalue weighted by Gasteiger charge is 2.25. The van der Waals surface area contributed by atoms with Crippen LogP contribution < -0.4 is 5.32 Å². The van der Waals surface area contributed by atoms with E-state index in [1.54, 1.807) is 49.6 Å². The Morgan fingerprint density at radius 3 is 2.57 bits per heavy atom. The molecule has 0 aliphatic carbocycles. The van der Waals surface area contributed by atoms with Gasteiger partial charge in [-0.2, -0.15) is 0 Å². The maximum absolute atomic E-state index is 12.7. The summed E-state index contributed by atoms with van der Waals surface area (Å²) in [6, 6.07) is 11.2. The molecule has 1 aromatic heterocycles. The molecule has 5 nitrogen and oxygen atoms in total. The molecule has 0 aliphatic heterocycles. The summed E-state index contributed by atoms with van der Waals surface area (Å²) >= 11 is 13.4. The van der Waals surface area contributed by atoms with Crippen molar-refractivity contribution in [2.45, 2.75) is 24.0 Å². The fourth-order valence-corrected chi connectivity index (χ4v) is 4.80. The minimum absolute atomic E-state index is 0.00262. The molecular formula is C19H16Cl2N2O3S2. The molecule has 0 saturated heterocycles. The summed E-state index contributed by atoms with van der Waals surface area (Å²) in [7, 11) is -3.60. The predicted octanol–water partition coefficient (Wildman–Crippen LogP) is 5.55. The Labute approximate surface area is 177 Å². The van der Waals surface area contributed by atoms with E-state index in [0.29, 0.717) is 26.4 Å². The van der Waals surface area contributed by atoms with Crippen molar-refractivity contribution in [2.24, 2.45) is 0 Å². The molecule has 0 atom stereocenters. The minimum atomic E-state index is -3.60. The molecule has 0 aliphatic rings. The van der Waals surface area contributed by atoms with Crippen LogP contribution in [0.25, 0.3) is 11.3 Å². The van der Waals surface area contributed by atoms with Gasteiger partial charge in [-0.25, -0.2) is 13.4 Å². The zero-order valence-electron chi connectivity index (χ0n) is 14.9. The third-order valence-corrected chi connectivity index (χ3v) is 7.52. The molecule has 28 heavy (non-hydrogen) atoms. The Morgan fingerprint density at radius 2 is 1.86 bits per heavy atom. The predicted molar refractivity (Wildman–Crippen MR) is 114 cm³/mol. The van der Waals surface area contributed by atoms with E-state index in [4.69, 9.17) is 23.2 Å². The lowest BCUT2D eigenvalue weighted by Crippen LogP contribution is -2.20. The number of halogens is 2. The topological polar surface area (TPSA) is 76.1 Å². The molecule has 0 radical (unpaired) electrons. The van der Waals surface area contributed by atoms with E-state index in [9.17, 15) is 13.2 Å². The number of hydrogen-bond acceptors (Lipinski definition) is 5. The molecule has 0 unspecified atom stereocenters. The van der Waals surface area contributed by atoms with Crippen molar-refractivity contribution in [1.82, 2.24) is 4.98 Å². The summed E-state index contributed by atoms with van der Waals surface area (Å²) < 4.78 is 25.1. The van der Waals surface area contributed by atoms with Gasteiger partial charge in [0, 0.05) is 16.0 Å². The monoisotopic (exact) mass is 454 g/mol. The molecule has 0 bridgehead atoms. The molecule has 0 fully saturated rings. The highest BCUT2D eigenvalue weighted by atomic mass is 35.5. The van der Waals surface area contributed by atoms with Gasteiger partial charge in [0.1, 0.15) is 0 Å². The maximum atomic E-state index is 12.7. The van der Waals surface area contributed by atoms with Crippen LogP contribution in [0.3, 0.4) is 0 Å². The Kier molecular flexibility index (Phi) is 6.09. The molecule has 3 rings (SSSR count). The number of carbonyl (C=O) groups excluding carboxylic acids is 1. The molecular weight excluding hydrogens is 439 g/mol. The summed E-state index contributed by atoms with van der Waals surface area (Å²) in [6.07, 6.45) is 0. The molecule has 146 valence electrons. The zero-order chi connectivity index (χ0) is 20.5. The van der Waals surface area contributed by atoms with Crippen molar-refractivity contribution in [3.63, 3.8) is 0 Å². The number of benzene rings is 2. The van der Waals surface area contributed by atoms with Crippen molar-refractivity contribution in [3.05, 3.63) is 63.5 Å². The number of rotatable bonds is 5. The van der Waals surface area contributed by atoms with Crippen LogP contribution in [0, 0.1) is 0 Å². The SMILES string of the molecule is CC(C)S(=O)(=O)c1ccccc1C(=O)Nc1nc(-c2cc(Cl)ccc2Cl)cs1. The molecule has 1 heterocycles. The largest absolute Gasteiger partial charge is 0.298 e. The summed E-state index contributed by atoms with van der Waals surface area (Å²) in [5, 5.41) is 5.09. The van der Waals surface area contributed by atoms with E-state index in [1.807, 2.05) is 0 Å². The maximum Gasteiger partial charge on any atom is 0.258 e. The van der Waals surface area contributed by atoms with E-state index >= 15 is 0 Å². The summed E-state index contributed by atoms with van der Waals surface area (Å²) in [5.74, 6) is -0.544. The fourth-order valence-electron chi connectivity index (χ4n) is 2.47. The number of nitrogens with zero attached hydrogens (tertiary/aromatic N) is 1. The number of anilines is 1. The Balaban J connectivity index is 1.90. The van der Waals surface area contributed by atoms with Gasteiger partial charge in [-0.15, -0.1) is 11.3 Å². The van der Waals surface area contributed by atoms with Gasteiger partial charge in [0.15, 0.2) is 15.0 Å². The van der Waals surface area contributed by atoms with Gasteiger partial charge < -0.3 is 0 Å². The summed E-state index contributed by atoms with van der Waals surface area (Å²) in [4.78, 5) is 17.1. The highest BCUT2D eigenvalue weighted by Crippen LogP contribution is 2.33. The van der Waals surface area contributed by atoms with Crippen molar-refractivity contribution in [3.8, 4) is 11.3 Å². The zero-order valence-corrected chi connectivity index (χ0v) is 18.1. The van der Waals surface area contributed by atoms with Crippen LogP contribution in [0.5, 0.6) is 0 Å². The molecule has 9 heteroatoms. The second kappa shape index (κ2) is 8.21. The lowest BCUT2D eigenvalue weighted by molar-refractivity contribution is 0.102. The van der Waals surface area contributed by atoms with Crippen LogP contribution >= 0.6 is 34.5 Å². The molecule has 0 saturated carbocycles. The number of nitrogens with one attached hydrogen (secondary N) is 1. The van der Waals surface area contributed by atoms with Crippen molar-refractivity contribution < 1.29 is 13.2 Å². The van der Waals surface area contributed by atoms with Crippen molar-refractivity contribution in [2.75, 3.05) is 5.32 Å². The van der Waals surface area contributed by atoms with Crippen LogP contribution in [0.1, 0.15) is 24.2 Å². The highest BCUT2D eigenvalue weighted by molar-refractivity contribution is 7.92. The smallest absolute Gasteiger partial charge is 0.258 e. The van der Waals surface area contributed by atoms with Gasteiger partial charge >= 0.3 is 0 Å². The minimum Gasteiger partial charge on any atom is -0.298 e. The number of hydrogen-bond donors (Lipinski definition) is 1. The Morgan fingerprint density at radius 1 is 1.14 bits per heavy atom. The van der Waals surface area contributed by atoms with Gasteiger partial charge in [0.2, 0.25) is 0 Å². The molecule has 2 aromatic carbocycles. The average molecular weight is 455 g/mol. The second-order valence-corrected chi connectivity index (χ2v) is 10.4. The first-order valence-corrected chi connectivity index (χ1v) is 11.4. The van der Waals surface area contributed by atoms with Crippen LogP contribution in [-0.4, -0.2) is 24.6 Å². The first kappa shape index (κ1) is 20.8. The summed E-state index contributed by atoms with van der Waals surface area (Å²) in [6.45, 7) is 3.15. The fraction of sp³-hybridized carbons (Fsp3) is 0.158. The van der Waals surface area contributed by atoms with Crippen molar-refractivity contribution in [1.29, 1.82) is 0 Å². The quantitative estimate of drug-likeness (QED) is 0.547. The van der Waals surface area contributed by atoms with Gasteiger partial charge in [-0.1, -0.05) is 35.3 Å². The average Bonchev–Trinajstić information content (AvgIpc) is 3.11. The number of amides is 1. The Hall–Kier alpha value is -1.93. The first-order chi connectivity index (χ1) is 13.2. The van der Waals surface area contributed by atoms with Gasteiger partial charge in [-0.3, -0.25) is 10.1 Å². The molecule has 0 spiro atoms. The van der Waals surface area contributed by atoms with Crippen LogP contribution in [-0.2, 0) is 9.84 Å². The third kappa shape index (κ3) is 4.22. The first-order valence-electron chi connectivity index (χ1n) is 8.25. The normalized spacial score (nSPS) is 11.6. The van der Waals surface area contributed by atoms with Crippen LogP contribution in [0.15, 0.2) is 52.7 Å². The van der Waals surface area contributed by atoms with Gasteiger partial charge in [0.25, 0.3) is 5.91 Å². The second-order valence-electron chi connectivity index (χ2n) is 6.21. The van der Waals surface area contributed by atoms with E-state index < -0.39 is 21.0 Å². The third-order valence-electron chi connectivity index (χ3n) is 3.99. The van der Waals surface area contributed by atoms with E-state index in [-0.39, 0.29) is 10.5 Å². The van der Waals surface area contributed by atoms with Crippen LogP contribution in [0.4, 0.5) is 5.13 Å². The number of carbonyl (C=O) groups is 1. The molecule has 3 aromatic rings. The van der Waals surface area contributed by atoms with Gasteiger partial charge in [0.05, 0.1) is 26.4 Å². The van der Waals surface area contributed by atoms with E-state index in [1.165, 1.54) is 23.5 Å². The molecule has 1 amide bonds. The standard InChI is InChI=1S/C19H16Cl2N2O3S2/c1-11(2)28(25,26)17-6-4-3-5-13(17)18(24)23-19-22-16(10-27-19)14-9-12(20)7-8-15(14)21/h3-11H,1-2H3,(H,22,23,24). The summed E-state index contributed by atoms with van der Waals surface area (Å²) in [5.41, 5.74) is 1.29. The lowest BCUT2D eigenvalue weighted by atomic mass is 10.2.